The van der Waals surface area contributed by atoms with E-state index in [0.29, 0.717) is 26.2 Å². The van der Waals surface area contributed by atoms with Gasteiger partial charge in [0.15, 0.2) is 0 Å². The second-order valence-electron chi connectivity index (χ2n) is 5.33. The van der Waals surface area contributed by atoms with Crippen molar-refractivity contribution < 1.29 is 13.2 Å². The number of nitrogens with zero attached hydrogens (tertiary/aromatic N) is 3. The summed E-state index contributed by atoms with van der Waals surface area (Å²) < 4.78 is 39.2. The maximum atomic E-state index is 13.1. The average molecular weight is 310 g/mol. The molecule has 0 aliphatic carbocycles. The van der Waals surface area contributed by atoms with Crippen LogP contribution in [0.5, 0.6) is 0 Å². The number of alkyl halides is 3. The van der Waals surface area contributed by atoms with Crippen LogP contribution < -0.4 is 4.90 Å². The molecule has 0 unspecified atom stereocenters. The molecule has 0 radical (unpaired) electrons. The van der Waals surface area contributed by atoms with E-state index in [1.165, 1.54) is 12.3 Å². The molecular formula is C15H17F3N4. The second-order valence-corrected chi connectivity index (χ2v) is 5.33. The Balaban J connectivity index is 1.67. The van der Waals surface area contributed by atoms with Crippen LogP contribution in [0.25, 0.3) is 0 Å². The lowest BCUT2D eigenvalue weighted by atomic mass is 10.2. The van der Waals surface area contributed by atoms with Crippen LogP contribution in [-0.2, 0) is 12.7 Å². The fourth-order valence-electron chi connectivity index (χ4n) is 2.69. The first-order chi connectivity index (χ1) is 10.5. The van der Waals surface area contributed by atoms with Gasteiger partial charge in [-0.25, -0.2) is 4.98 Å². The van der Waals surface area contributed by atoms with Crippen LogP contribution in [0.15, 0.2) is 36.7 Å². The Kier molecular flexibility index (Phi) is 4.06. The van der Waals surface area contributed by atoms with Gasteiger partial charge in [-0.2, -0.15) is 13.2 Å². The van der Waals surface area contributed by atoms with E-state index in [4.69, 9.17) is 0 Å². The maximum absolute atomic E-state index is 13.1. The molecule has 3 rings (SSSR count). The number of aromatic amines is 1. The summed E-state index contributed by atoms with van der Waals surface area (Å²) in [7, 11) is 0. The molecule has 1 aliphatic heterocycles. The lowest BCUT2D eigenvalue weighted by molar-refractivity contribution is -0.137. The standard InChI is InChI=1S/C15H17F3N4/c16-15(17,18)13-4-2-6-20-14(13)22-9-7-21(8-10-22)11-12-3-1-5-19-12/h1-6,19H,7-11H2. The summed E-state index contributed by atoms with van der Waals surface area (Å²) in [5.74, 6) is 0.0366. The highest BCUT2D eigenvalue weighted by atomic mass is 19.4. The van der Waals surface area contributed by atoms with Crippen molar-refractivity contribution in [3.05, 3.63) is 47.9 Å². The lowest BCUT2D eigenvalue weighted by Gasteiger charge is -2.36. The largest absolute Gasteiger partial charge is 0.419 e. The molecule has 2 aromatic rings. The minimum atomic E-state index is -4.37. The van der Waals surface area contributed by atoms with Crippen LogP contribution in [0.4, 0.5) is 19.0 Å². The van der Waals surface area contributed by atoms with E-state index >= 15 is 0 Å². The number of H-pyrrole nitrogens is 1. The summed E-state index contributed by atoms with van der Waals surface area (Å²) >= 11 is 0. The number of aromatic nitrogens is 2. The fourth-order valence-corrected chi connectivity index (χ4v) is 2.69. The van der Waals surface area contributed by atoms with Crippen molar-refractivity contribution in [3.8, 4) is 0 Å². The van der Waals surface area contributed by atoms with E-state index in [-0.39, 0.29) is 5.82 Å². The van der Waals surface area contributed by atoms with Gasteiger partial charge >= 0.3 is 6.18 Å². The quantitative estimate of drug-likeness (QED) is 0.947. The third-order valence-electron chi connectivity index (χ3n) is 3.82. The second kappa shape index (κ2) is 6.00. The number of pyridine rings is 1. The molecule has 3 heterocycles. The van der Waals surface area contributed by atoms with Crippen LogP contribution in [-0.4, -0.2) is 41.0 Å². The van der Waals surface area contributed by atoms with E-state index in [2.05, 4.69) is 14.9 Å². The Morgan fingerprint density at radius 3 is 2.50 bits per heavy atom. The van der Waals surface area contributed by atoms with E-state index in [0.717, 1.165) is 18.3 Å². The molecule has 4 nitrogen and oxygen atoms in total. The van der Waals surface area contributed by atoms with E-state index in [1.807, 2.05) is 18.3 Å². The van der Waals surface area contributed by atoms with Gasteiger partial charge in [0.1, 0.15) is 5.82 Å². The highest BCUT2D eigenvalue weighted by Crippen LogP contribution is 2.35. The maximum Gasteiger partial charge on any atom is 0.419 e. The summed E-state index contributed by atoms with van der Waals surface area (Å²) in [4.78, 5) is 11.0. The Hall–Kier alpha value is -2.02. The Morgan fingerprint density at radius 1 is 1.09 bits per heavy atom. The van der Waals surface area contributed by atoms with Crippen molar-refractivity contribution in [2.75, 3.05) is 31.1 Å². The molecule has 0 amide bonds. The number of hydrogen-bond donors (Lipinski definition) is 1. The number of anilines is 1. The topological polar surface area (TPSA) is 35.2 Å². The van der Waals surface area contributed by atoms with Crippen molar-refractivity contribution in [3.63, 3.8) is 0 Å². The monoisotopic (exact) mass is 310 g/mol. The Labute approximate surface area is 126 Å². The van der Waals surface area contributed by atoms with E-state index in [1.54, 1.807) is 4.90 Å². The number of piperazine rings is 1. The minimum absolute atomic E-state index is 0.0366. The first kappa shape index (κ1) is 14.9. The van der Waals surface area contributed by atoms with Crippen molar-refractivity contribution in [2.45, 2.75) is 12.7 Å². The van der Waals surface area contributed by atoms with E-state index < -0.39 is 11.7 Å². The summed E-state index contributed by atoms with van der Waals surface area (Å²) in [6.07, 6.45) is -1.09. The summed E-state index contributed by atoms with van der Waals surface area (Å²) in [5, 5.41) is 0. The van der Waals surface area contributed by atoms with Crippen molar-refractivity contribution in [2.24, 2.45) is 0 Å². The van der Waals surface area contributed by atoms with E-state index in [9.17, 15) is 13.2 Å². The fraction of sp³-hybridized carbons (Fsp3) is 0.400. The molecular weight excluding hydrogens is 293 g/mol. The Bertz CT molecular complexity index is 602. The van der Waals surface area contributed by atoms with Gasteiger partial charge in [-0.1, -0.05) is 0 Å². The van der Waals surface area contributed by atoms with Gasteiger partial charge in [-0.15, -0.1) is 0 Å². The third-order valence-corrected chi connectivity index (χ3v) is 3.82. The molecule has 0 bridgehead atoms. The Morgan fingerprint density at radius 2 is 1.86 bits per heavy atom. The highest BCUT2D eigenvalue weighted by Gasteiger charge is 2.36. The number of rotatable bonds is 3. The first-order valence-electron chi connectivity index (χ1n) is 7.16. The van der Waals surface area contributed by atoms with Crippen molar-refractivity contribution in [1.82, 2.24) is 14.9 Å². The smallest absolute Gasteiger partial charge is 0.364 e. The molecule has 0 spiro atoms. The zero-order valence-electron chi connectivity index (χ0n) is 12.0. The molecule has 1 aliphatic rings. The molecule has 2 aromatic heterocycles. The number of nitrogens with one attached hydrogen (secondary N) is 1. The van der Waals surface area contributed by atoms with Crippen LogP contribution in [0, 0.1) is 0 Å². The summed E-state index contributed by atoms with van der Waals surface area (Å²) in [5.41, 5.74) is 0.454. The molecule has 7 heteroatoms. The third kappa shape index (κ3) is 3.24. The van der Waals surface area contributed by atoms with Gasteiger partial charge in [0.25, 0.3) is 0 Å². The molecule has 118 valence electrons. The first-order valence-corrected chi connectivity index (χ1v) is 7.16. The van der Waals surface area contributed by atoms with Gasteiger partial charge in [-0.05, 0) is 24.3 Å². The molecule has 0 saturated carbocycles. The van der Waals surface area contributed by atoms with Gasteiger partial charge in [0.2, 0.25) is 0 Å². The summed E-state index contributed by atoms with van der Waals surface area (Å²) in [6.45, 7) is 3.30. The van der Waals surface area contributed by atoms with Crippen molar-refractivity contribution >= 4 is 5.82 Å². The molecule has 1 fully saturated rings. The highest BCUT2D eigenvalue weighted by molar-refractivity contribution is 5.48. The zero-order chi connectivity index (χ0) is 15.6. The van der Waals surface area contributed by atoms with Crippen molar-refractivity contribution in [1.29, 1.82) is 0 Å². The molecule has 0 aromatic carbocycles. The SMILES string of the molecule is FC(F)(F)c1cccnc1N1CCN(Cc2ccc[nH]2)CC1. The molecule has 0 atom stereocenters. The van der Waals surface area contributed by atoms with Crippen LogP contribution in [0.3, 0.4) is 0 Å². The van der Waals surface area contributed by atoms with Gasteiger partial charge < -0.3 is 9.88 Å². The molecule has 22 heavy (non-hydrogen) atoms. The van der Waals surface area contributed by atoms with Gasteiger partial charge in [0.05, 0.1) is 5.56 Å². The van der Waals surface area contributed by atoms with Gasteiger partial charge in [0, 0.05) is 50.8 Å². The molecule has 1 saturated heterocycles. The lowest BCUT2D eigenvalue weighted by Crippen LogP contribution is -2.46. The summed E-state index contributed by atoms with van der Waals surface area (Å²) in [6, 6.07) is 6.36. The predicted molar refractivity (Wildman–Crippen MR) is 77.5 cm³/mol. The van der Waals surface area contributed by atoms with Crippen LogP contribution in [0.2, 0.25) is 0 Å². The molecule has 1 N–H and O–H groups in total. The minimum Gasteiger partial charge on any atom is -0.364 e. The van der Waals surface area contributed by atoms with Gasteiger partial charge in [-0.3, -0.25) is 4.90 Å². The van der Waals surface area contributed by atoms with Crippen LogP contribution >= 0.6 is 0 Å². The average Bonchev–Trinajstić information content (AvgIpc) is 3.00. The predicted octanol–water partition coefficient (Wildman–Crippen LogP) is 2.75. The number of hydrogen-bond acceptors (Lipinski definition) is 3. The zero-order valence-corrected chi connectivity index (χ0v) is 12.0. The van der Waals surface area contributed by atoms with Crippen LogP contribution in [0.1, 0.15) is 11.3 Å². The normalized spacial score (nSPS) is 17.0. The number of halogens is 3.